The molecule has 0 spiro atoms. The maximum absolute atomic E-state index is 5.51. The molecule has 20 heavy (non-hydrogen) atoms. The van der Waals surface area contributed by atoms with Crippen molar-refractivity contribution in [2.24, 2.45) is 0 Å². The van der Waals surface area contributed by atoms with Gasteiger partial charge >= 0.3 is 0 Å². The lowest BCUT2D eigenvalue weighted by molar-refractivity contribution is 0.163. The van der Waals surface area contributed by atoms with Gasteiger partial charge in [-0.1, -0.05) is 11.6 Å². The van der Waals surface area contributed by atoms with E-state index in [1.54, 1.807) is 0 Å². The zero-order valence-corrected chi connectivity index (χ0v) is 12.6. The van der Waals surface area contributed by atoms with E-state index >= 15 is 0 Å². The number of rotatable bonds is 3. The molecule has 0 aliphatic carbocycles. The molecule has 2 fully saturated rings. The molecule has 0 radical (unpaired) electrons. The lowest BCUT2D eigenvalue weighted by Crippen LogP contribution is -2.39. The first-order chi connectivity index (χ1) is 9.74. The number of piperidine rings is 2. The molecule has 0 amide bonds. The van der Waals surface area contributed by atoms with Gasteiger partial charge in [0, 0.05) is 18.5 Å². The molecule has 2 aliphatic heterocycles. The fourth-order valence-electron chi connectivity index (χ4n) is 3.30. The number of nitrogens with zero attached hydrogens (tertiary/aromatic N) is 3. The van der Waals surface area contributed by atoms with Gasteiger partial charge in [0.05, 0.1) is 6.04 Å². The van der Waals surface area contributed by atoms with Crippen LogP contribution in [0.4, 0.5) is 0 Å². The second kappa shape index (κ2) is 6.22. The molecule has 0 aromatic carbocycles. The van der Waals surface area contributed by atoms with Crippen molar-refractivity contribution in [3.63, 3.8) is 0 Å². The van der Waals surface area contributed by atoms with E-state index in [1.165, 1.54) is 32.2 Å². The van der Waals surface area contributed by atoms with Crippen LogP contribution in [0.1, 0.15) is 69.6 Å². The normalized spacial score (nSPS) is 28.9. The highest BCUT2D eigenvalue weighted by Crippen LogP contribution is 2.28. The van der Waals surface area contributed by atoms with Crippen LogP contribution >= 0.6 is 0 Å². The number of aromatic nitrogens is 2. The largest absolute Gasteiger partial charge is 0.338 e. The summed E-state index contributed by atoms with van der Waals surface area (Å²) < 4.78 is 5.51. The molecule has 2 aliphatic rings. The fraction of sp³-hybridized carbons (Fsp3) is 0.867. The molecule has 112 valence electrons. The van der Waals surface area contributed by atoms with Crippen molar-refractivity contribution in [2.45, 2.75) is 64.0 Å². The van der Waals surface area contributed by atoms with Crippen molar-refractivity contribution in [2.75, 3.05) is 19.6 Å². The first-order valence-corrected chi connectivity index (χ1v) is 8.05. The quantitative estimate of drug-likeness (QED) is 0.920. The highest BCUT2D eigenvalue weighted by molar-refractivity contribution is 5.02. The molecule has 5 nitrogen and oxygen atoms in total. The van der Waals surface area contributed by atoms with Crippen LogP contribution in [0.5, 0.6) is 0 Å². The highest BCUT2D eigenvalue weighted by atomic mass is 16.5. The Hall–Kier alpha value is -0.940. The number of hydrogen-bond acceptors (Lipinski definition) is 5. The summed E-state index contributed by atoms with van der Waals surface area (Å²) in [5.41, 5.74) is 0. The number of hydrogen-bond donors (Lipinski definition) is 1. The molecule has 1 aromatic heterocycles. The summed E-state index contributed by atoms with van der Waals surface area (Å²) >= 11 is 0. The maximum atomic E-state index is 5.51. The molecule has 1 N–H and O–H groups in total. The summed E-state index contributed by atoms with van der Waals surface area (Å²) in [5, 5.41) is 7.73. The van der Waals surface area contributed by atoms with E-state index < -0.39 is 0 Å². The molecule has 3 heterocycles. The van der Waals surface area contributed by atoms with Crippen LogP contribution in [0.2, 0.25) is 0 Å². The van der Waals surface area contributed by atoms with Gasteiger partial charge in [0.2, 0.25) is 5.89 Å². The van der Waals surface area contributed by atoms with Crippen molar-refractivity contribution < 1.29 is 4.52 Å². The van der Waals surface area contributed by atoms with Crippen LogP contribution in [0.15, 0.2) is 4.52 Å². The van der Waals surface area contributed by atoms with Gasteiger partial charge in [0.1, 0.15) is 0 Å². The van der Waals surface area contributed by atoms with Crippen molar-refractivity contribution in [1.82, 2.24) is 20.4 Å². The summed E-state index contributed by atoms with van der Waals surface area (Å²) in [6.45, 7) is 7.84. The monoisotopic (exact) mass is 278 g/mol. The van der Waals surface area contributed by atoms with Crippen LogP contribution < -0.4 is 5.32 Å². The standard InChI is InChI=1S/C15H26N4O/c1-11(2)19-9-5-6-12(10-19)14-17-15(20-18-14)13-7-3-4-8-16-13/h11-13,16H,3-10H2,1-2H3. The molecule has 2 atom stereocenters. The molecule has 2 saturated heterocycles. The van der Waals surface area contributed by atoms with Crippen molar-refractivity contribution in [3.8, 4) is 0 Å². The van der Waals surface area contributed by atoms with Gasteiger partial charge in [-0.3, -0.25) is 0 Å². The lowest BCUT2D eigenvalue weighted by atomic mass is 9.96. The van der Waals surface area contributed by atoms with Gasteiger partial charge in [-0.05, 0) is 52.6 Å². The Kier molecular flexibility index (Phi) is 4.36. The molecule has 0 saturated carbocycles. The first kappa shape index (κ1) is 14.0. The van der Waals surface area contributed by atoms with Crippen molar-refractivity contribution in [3.05, 3.63) is 11.7 Å². The topological polar surface area (TPSA) is 54.2 Å². The van der Waals surface area contributed by atoms with Crippen LogP contribution in [-0.2, 0) is 0 Å². The van der Waals surface area contributed by atoms with Crippen molar-refractivity contribution in [1.29, 1.82) is 0 Å². The van der Waals surface area contributed by atoms with Gasteiger partial charge in [-0.15, -0.1) is 0 Å². The van der Waals surface area contributed by atoms with Crippen LogP contribution in [-0.4, -0.2) is 40.7 Å². The van der Waals surface area contributed by atoms with Gasteiger partial charge in [-0.2, -0.15) is 4.98 Å². The summed E-state index contributed by atoms with van der Waals surface area (Å²) in [5.74, 6) is 2.14. The predicted molar refractivity (Wildman–Crippen MR) is 77.6 cm³/mol. The summed E-state index contributed by atoms with van der Waals surface area (Å²) in [6, 6.07) is 0.874. The molecular weight excluding hydrogens is 252 g/mol. The van der Waals surface area contributed by atoms with E-state index in [-0.39, 0.29) is 6.04 Å². The summed E-state index contributed by atoms with van der Waals surface area (Å²) in [6.07, 6.45) is 6.03. The Morgan fingerprint density at radius 3 is 2.90 bits per heavy atom. The zero-order valence-electron chi connectivity index (χ0n) is 12.6. The average molecular weight is 278 g/mol. The second-order valence-corrected chi connectivity index (χ2v) is 6.42. The minimum absolute atomic E-state index is 0.273. The smallest absolute Gasteiger partial charge is 0.243 e. The van der Waals surface area contributed by atoms with Gasteiger partial charge in [0.25, 0.3) is 0 Å². The third-order valence-electron chi connectivity index (χ3n) is 4.61. The molecule has 3 rings (SSSR count). The molecule has 2 unspecified atom stereocenters. The third-order valence-corrected chi connectivity index (χ3v) is 4.61. The number of nitrogens with one attached hydrogen (secondary N) is 1. The lowest BCUT2D eigenvalue weighted by Gasteiger charge is -2.34. The fourth-order valence-corrected chi connectivity index (χ4v) is 3.30. The van der Waals surface area contributed by atoms with Gasteiger partial charge in [0.15, 0.2) is 5.82 Å². The van der Waals surface area contributed by atoms with Crippen LogP contribution in [0.3, 0.4) is 0 Å². The number of likely N-dealkylation sites (tertiary alicyclic amines) is 1. The minimum Gasteiger partial charge on any atom is -0.338 e. The Balaban J connectivity index is 1.66. The Morgan fingerprint density at radius 2 is 2.15 bits per heavy atom. The predicted octanol–water partition coefficient (Wildman–Crippen LogP) is 2.47. The van der Waals surface area contributed by atoms with E-state index in [1.807, 2.05) is 0 Å². The second-order valence-electron chi connectivity index (χ2n) is 6.42. The van der Waals surface area contributed by atoms with E-state index in [2.05, 4.69) is 34.2 Å². The Morgan fingerprint density at radius 1 is 1.25 bits per heavy atom. The summed E-state index contributed by atoms with van der Waals surface area (Å²) in [4.78, 5) is 7.20. The molecule has 1 aromatic rings. The van der Waals surface area contributed by atoms with Gasteiger partial charge in [-0.25, -0.2) is 0 Å². The zero-order chi connectivity index (χ0) is 13.9. The highest BCUT2D eigenvalue weighted by Gasteiger charge is 2.28. The van der Waals surface area contributed by atoms with E-state index in [0.29, 0.717) is 12.0 Å². The Labute approximate surface area is 121 Å². The molecule has 5 heteroatoms. The SMILES string of the molecule is CC(C)N1CCCC(c2noc(C3CCCCN3)n2)C1. The van der Waals surface area contributed by atoms with Crippen LogP contribution in [0.25, 0.3) is 0 Å². The van der Waals surface area contributed by atoms with Crippen molar-refractivity contribution >= 4 is 0 Å². The maximum Gasteiger partial charge on any atom is 0.243 e. The van der Waals surface area contributed by atoms with Gasteiger partial charge < -0.3 is 14.7 Å². The third kappa shape index (κ3) is 3.04. The minimum atomic E-state index is 0.273. The van der Waals surface area contributed by atoms with E-state index in [9.17, 15) is 0 Å². The van der Waals surface area contributed by atoms with E-state index in [4.69, 9.17) is 4.52 Å². The summed E-state index contributed by atoms with van der Waals surface area (Å²) in [7, 11) is 0. The Bertz CT molecular complexity index is 425. The molecule has 0 bridgehead atoms. The average Bonchev–Trinajstić information content (AvgIpc) is 2.98. The van der Waals surface area contributed by atoms with Crippen LogP contribution in [0, 0.1) is 0 Å². The molecular formula is C15H26N4O. The van der Waals surface area contributed by atoms with E-state index in [0.717, 1.165) is 31.2 Å². The first-order valence-electron chi connectivity index (χ1n) is 8.05.